The molecule has 0 saturated carbocycles. The summed E-state index contributed by atoms with van der Waals surface area (Å²) in [6, 6.07) is 4.55. The van der Waals surface area contributed by atoms with Gasteiger partial charge in [0.1, 0.15) is 30.4 Å². The Bertz CT molecular complexity index is 738. The zero-order chi connectivity index (χ0) is 14.2. The molecule has 1 aliphatic rings. The summed E-state index contributed by atoms with van der Waals surface area (Å²) in [4.78, 5) is 0.157. The lowest BCUT2D eigenvalue weighted by Crippen LogP contribution is -2.16. The van der Waals surface area contributed by atoms with E-state index in [-0.39, 0.29) is 10.6 Å². The monoisotopic (exact) mass is 296 g/mol. The molecule has 106 valence electrons. The van der Waals surface area contributed by atoms with Crippen LogP contribution >= 0.6 is 0 Å². The fourth-order valence-electron chi connectivity index (χ4n) is 1.86. The highest BCUT2D eigenvalue weighted by molar-refractivity contribution is 7.90. The maximum Gasteiger partial charge on any atom is 0.184 e. The predicted molar refractivity (Wildman–Crippen MR) is 67.4 cm³/mol. The smallest absolute Gasteiger partial charge is 0.184 e. The Hall–Kier alpha value is -2.09. The Balaban J connectivity index is 1.93. The summed E-state index contributed by atoms with van der Waals surface area (Å²) in [5.41, 5.74) is 0.769. The number of hydrogen-bond donors (Lipinski definition) is 0. The minimum absolute atomic E-state index is 0.157. The Kier molecular flexibility index (Phi) is 3.09. The molecule has 0 saturated heterocycles. The van der Waals surface area contributed by atoms with Crippen LogP contribution in [0.4, 0.5) is 0 Å². The van der Waals surface area contributed by atoms with E-state index in [1.54, 1.807) is 13.0 Å². The van der Waals surface area contributed by atoms with Crippen molar-refractivity contribution < 1.29 is 22.5 Å². The van der Waals surface area contributed by atoms with Crippen LogP contribution in [0.1, 0.15) is 11.4 Å². The lowest BCUT2D eigenvalue weighted by molar-refractivity contribution is 0.171. The molecule has 0 radical (unpaired) electrons. The van der Waals surface area contributed by atoms with Crippen LogP contribution in [0.15, 0.2) is 27.7 Å². The molecule has 1 aromatic carbocycles. The topological polar surface area (TPSA) is 91.5 Å². The molecular weight excluding hydrogens is 284 g/mol. The number of rotatable bonds is 3. The number of aromatic nitrogens is 2. The second-order valence-corrected chi connectivity index (χ2v) is 6.35. The van der Waals surface area contributed by atoms with Crippen molar-refractivity contribution in [3.05, 3.63) is 29.6 Å². The van der Waals surface area contributed by atoms with E-state index in [0.717, 1.165) is 0 Å². The van der Waals surface area contributed by atoms with Gasteiger partial charge in [0, 0.05) is 6.07 Å². The Labute approximate surface area is 115 Å². The fraction of sp³-hybridized carbons (Fsp3) is 0.333. The van der Waals surface area contributed by atoms with Crippen LogP contribution in [0.5, 0.6) is 11.5 Å². The first-order chi connectivity index (χ1) is 9.56. The minimum atomic E-state index is -3.54. The van der Waals surface area contributed by atoms with Crippen molar-refractivity contribution in [1.82, 2.24) is 10.3 Å². The number of nitrogens with zero attached hydrogens (tertiary/aromatic N) is 2. The Morgan fingerprint density at radius 3 is 2.60 bits per heavy atom. The van der Waals surface area contributed by atoms with Crippen molar-refractivity contribution in [2.45, 2.75) is 17.6 Å². The molecule has 8 heteroatoms. The normalized spacial score (nSPS) is 14.2. The third kappa shape index (κ3) is 2.34. The molecule has 7 nitrogen and oxygen atoms in total. The van der Waals surface area contributed by atoms with E-state index in [1.807, 2.05) is 0 Å². The van der Waals surface area contributed by atoms with Gasteiger partial charge in [0.25, 0.3) is 0 Å². The van der Waals surface area contributed by atoms with E-state index in [2.05, 4.69) is 14.9 Å². The Morgan fingerprint density at radius 1 is 1.15 bits per heavy atom. The number of fused-ring (bicyclic) bond motifs is 1. The van der Waals surface area contributed by atoms with Crippen molar-refractivity contribution in [1.29, 1.82) is 0 Å². The van der Waals surface area contributed by atoms with Gasteiger partial charge >= 0.3 is 0 Å². The first-order valence-corrected chi connectivity index (χ1v) is 7.62. The van der Waals surface area contributed by atoms with Gasteiger partial charge in [-0.3, -0.25) is 0 Å². The summed E-state index contributed by atoms with van der Waals surface area (Å²) >= 11 is 0. The van der Waals surface area contributed by atoms with E-state index in [9.17, 15) is 8.42 Å². The predicted octanol–water partition coefficient (Wildman–Crippen LogP) is 1.12. The van der Waals surface area contributed by atoms with Crippen molar-refractivity contribution in [3.63, 3.8) is 0 Å². The molecule has 0 spiro atoms. The summed E-state index contributed by atoms with van der Waals surface area (Å²) in [7, 11) is -3.54. The lowest BCUT2D eigenvalue weighted by Gasteiger charge is -2.18. The zero-order valence-corrected chi connectivity index (χ0v) is 11.5. The number of aryl methyl sites for hydroxylation is 1. The first kappa shape index (κ1) is 12.9. The van der Waals surface area contributed by atoms with E-state index >= 15 is 0 Å². The van der Waals surface area contributed by atoms with E-state index in [4.69, 9.17) is 9.47 Å². The molecule has 0 N–H and O–H groups in total. The third-order valence-electron chi connectivity index (χ3n) is 2.95. The Morgan fingerprint density at radius 2 is 1.90 bits per heavy atom. The van der Waals surface area contributed by atoms with E-state index < -0.39 is 9.84 Å². The molecule has 0 aliphatic carbocycles. The van der Waals surface area contributed by atoms with Gasteiger partial charge < -0.3 is 9.47 Å². The maximum absolute atomic E-state index is 12.3. The highest BCUT2D eigenvalue weighted by Gasteiger charge is 2.22. The van der Waals surface area contributed by atoms with Gasteiger partial charge in [0.15, 0.2) is 21.3 Å². The summed E-state index contributed by atoms with van der Waals surface area (Å²) in [6.07, 6.45) is 0. The fourth-order valence-corrected chi connectivity index (χ4v) is 3.21. The summed E-state index contributed by atoms with van der Waals surface area (Å²) < 4.78 is 39.9. The first-order valence-electron chi connectivity index (χ1n) is 5.97. The number of benzene rings is 1. The van der Waals surface area contributed by atoms with Crippen molar-refractivity contribution >= 4 is 9.84 Å². The van der Waals surface area contributed by atoms with E-state index in [0.29, 0.717) is 36.1 Å². The van der Waals surface area contributed by atoms with Gasteiger partial charge in [0.2, 0.25) is 0 Å². The van der Waals surface area contributed by atoms with E-state index in [1.165, 1.54) is 12.1 Å². The largest absolute Gasteiger partial charge is 0.486 e. The van der Waals surface area contributed by atoms with Crippen LogP contribution < -0.4 is 9.47 Å². The molecule has 0 fully saturated rings. The van der Waals surface area contributed by atoms with Gasteiger partial charge in [-0.25, -0.2) is 13.0 Å². The van der Waals surface area contributed by atoms with Gasteiger partial charge in [-0.2, -0.15) is 0 Å². The van der Waals surface area contributed by atoms with Gasteiger partial charge in [-0.15, -0.1) is 0 Å². The average Bonchev–Trinajstić information content (AvgIpc) is 2.83. The summed E-state index contributed by atoms with van der Waals surface area (Å²) in [5, 5.41) is 7.16. The van der Waals surface area contributed by atoms with Crippen molar-refractivity contribution in [3.8, 4) is 11.5 Å². The van der Waals surface area contributed by atoms with Gasteiger partial charge in [0.05, 0.1) is 4.90 Å². The molecule has 2 heterocycles. The number of hydrogen-bond acceptors (Lipinski definition) is 7. The highest BCUT2D eigenvalue weighted by atomic mass is 32.2. The molecule has 0 amide bonds. The van der Waals surface area contributed by atoms with Crippen LogP contribution in [0, 0.1) is 6.92 Å². The second kappa shape index (κ2) is 4.78. The molecule has 2 aromatic rings. The molecule has 1 aromatic heterocycles. The number of sulfone groups is 1. The van der Waals surface area contributed by atoms with Crippen LogP contribution in [0.25, 0.3) is 0 Å². The van der Waals surface area contributed by atoms with Crippen LogP contribution in [-0.2, 0) is 15.6 Å². The third-order valence-corrected chi connectivity index (χ3v) is 4.57. The summed E-state index contributed by atoms with van der Waals surface area (Å²) in [6.45, 7) is 2.51. The van der Waals surface area contributed by atoms with Gasteiger partial charge in [-0.1, -0.05) is 10.3 Å². The van der Waals surface area contributed by atoms with Gasteiger partial charge in [-0.05, 0) is 19.1 Å². The molecule has 20 heavy (non-hydrogen) atoms. The molecule has 1 aliphatic heterocycles. The quantitative estimate of drug-likeness (QED) is 0.838. The molecular formula is C12H12N2O5S. The standard InChI is InChI=1S/C12H12N2O5S/c1-8-10(14-19-13-8)7-20(15,16)9-2-3-11-12(6-9)18-5-4-17-11/h2-3,6H,4-5,7H2,1H3. The average molecular weight is 296 g/mol. The van der Waals surface area contributed by atoms with Crippen molar-refractivity contribution in [2.75, 3.05) is 13.2 Å². The summed E-state index contributed by atoms with van der Waals surface area (Å²) in [5.74, 6) is 0.726. The second-order valence-electron chi connectivity index (χ2n) is 4.36. The molecule has 3 rings (SSSR count). The maximum atomic E-state index is 12.3. The van der Waals surface area contributed by atoms with Crippen molar-refractivity contribution in [2.24, 2.45) is 0 Å². The minimum Gasteiger partial charge on any atom is -0.486 e. The molecule has 0 atom stereocenters. The SMILES string of the molecule is Cc1nonc1CS(=O)(=O)c1ccc2c(c1)OCCO2. The molecule has 0 bridgehead atoms. The number of ether oxygens (including phenoxy) is 2. The highest BCUT2D eigenvalue weighted by Crippen LogP contribution is 2.33. The van der Waals surface area contributed by atoms with Crippen LogP contribution in [0.3, 0.4) is 0 Å². The zero-order valence-electron chi connectivity index (χ0n) is 10.7. The lowest BCUT2D eigenvalue weighted by atomic mass is 10.3. The molecule has 0 unspecified atom stereocenters. The van der Waals surface area contributed by atoms with Crippen LogP contribution in [0.2, 0.25) is 0 Å². The van der Waals surface area contributed by atoms with Crippen LogP contribution in [-0.4, -0.2) is 31.9 Å².